The average Bonchev–Trinajstić information content (AvgIpc) is 2.40. The highest BCUT2D eigenvalue weighted by Crippen LogP contribution is 2.29. The minimum Gasteiger partial charge on any atom is -0.496 e. The Morgan fingerprint density at radius 2 is 2.15 bits per heavy atom. The Hall–Kier alpha value is -2.63. The lowest BCUT2D eigenvalue weighted by Gasteiger charge is -2.09. The van der Waals surface area contributed by atoms with Gasteiger partial charge in [-0.2, -0.15) is 5.10 Å². The van der Waals surface area contributed by atoms with Crippen molar-refractivity contribution in [2.75, 3.05) is 7.11 Å². The first-order valence-corrected chi connectivity index (χ1v) is 5.96. The molecule has 6 nitrogen and oxygen atoms in total. The number of nitrogens with one attached hydrogen (secondary N) is 1. The first-order chi connectivity index (χ1) is 9.51. The van der Waals surface area contributed by atoms with Crippen molar-refractivity contribution in [1.82, 2.24) is 10.2 Å². The summed E-state index contributed by atoms with van der Waals surface area (Å²) in [7, 11) is 1.54. The number of nitrogens with zero attached hydrogens (tertiary/aromatic N) is 1. The van der Waals surface area contributed by atoms with Crippen LogP contribution in [0.5, 0.6) is 5.75 Å². The molecule has 2 N–H and O–H groups in total. The van der Waals surface area contributed by atoms with Crippen molar-refractivity contribution >= 4 is 5.97 Å². The quantitative estimate of drug-likeness (QED) is 0.878. The highest BCUT2D eigenvalue weighted by atomic mass is 16.5. The Labute approximate surface area is 115 Å². The molecule has 0 radical (unpaired) electrons. The smallest absolute Gasteiger partial charge is 0.308 e. The fourth-order valence-corrected chi connectivity index (χ4v) is 1.90. The predicted molar refractivity (Wildman–Crippen MR) is 72.9 cm³/mol. The van der Waals surface area contributed by atoms with Crippen LogP contribution < -0.4 is 10.3 Å². The summed E-state index contributed by atoms with van der Waals surface area (Å²) in [6, 6.07) is 7.04. The molecule has 0 amide bonds. The summed E-state index contributed by atoms with van der Waals surface area (Å²) >= 11 is 0. The summed E-state index contributed by atoms with van der Waals surface area (Å²) in [5.74, 6) is -0.458. The fraction of sp³-hybridized carbons (Fsp3) is 0.214. The Kier molecular flexibility index (Phi) is 3.84. The molecule has 0 saturated heterocycles. The molecule has 0 bridgehead atoms. The summed E-state index contributed by atoms with van der Waals surface area (Å²) in [5.41, 5.74) is 1.85. The Morgan fingerprint density at radius 1 is 1.40 bits per heavy atom. The number of hydrogen-bond acceptors (Lipinski definition) is 4. The lowest BCUT2D eigenvalue weighted by Crippen LogP contribution is -2.17. The van der Waals surface area contributed by atoms with Crippen molar-refractivity contribution in [1.29, 1.82) is 0 Å². The Morgan fingerprint density at radius 3 is 2.80 bits per heavy atom. The second kappa shape index (κ2) is 5.56. The van der Waals surface area contributed by atoms with Gasteiger partial charge >= 0.3 is 5.97 Å². The number of carbonyl (C=O) groups is 1. The van der Waals surface area contributed by atoms with Gasteiger partial charge in [0.25, 0.3) is 5.56 Å². The lowest BCUT2D eigenvalue weighted by atomic mass is 10.1. The number of aromatic nitrogens is 2. The SMILES string of the molecule is COc1ccc(C)cc1-c1cc(CC(=O)O)c(=O)[nH]n1. The minimum absolute atomic E-state index is 0.158. The molecule has 0 spiro atoms. The van der Waals surface area contributed by atoms with E-state index < -0.39 is 11.5 Å². The van der Waals surface area contributed by atoms with Crippen molar-refractivity contribution in [3.8, 4) is 17.0 Å². The van der Waals surface area contributed by atoms with Gasteiger partial charge in [0, 0.05) is 11.1 Å². The van der Waals surface area contributed by atoms with Crippen molar-refractivity contribution in [3.63, 3.8) is 0 Å². The molecule has 104 valence electrons. The van der Waals surface area contributed by atoms with Gasteiger partial charge in [0.05, 0.1) is 19.2 Å². The molecular weight excluding hydrogens is 260 g/mol. The van der Waals surface area contributed by atoms with E-state index in [0.29, 0.717) is 17.0 Å². The van der Waals surface area contributed by atoms with E-state index in [1.54, 1.807) is 6.07 Å². The first kappa shape index (κ1) is 13.8. The maximum absolute atomic E-state index is 11.5. The van der Waals surface area contributed by atoms with Gasteiger partial charge in [-0.25, -0.2) is 5.10 Å². The molecule has 0 aliphatic heterocycles. The second-order valence-corrected chi connectivity index (χ2v) is 4.38. The number of hydrogen-bond donors (Lipinski definition) is 2. The molecule has 1 aromatic carbocycles. The third-order valence-corrected chi connectivity index (χ3v) is 2.85. The number of methoxy groups -OCH3 is 1. The van der Waals surface area contributed by atoms with E-state index in [1.165, 1.54) is 13.2 Å². The number of carboxylic acids is 1. The van der Waals surface area contributed by atoms with Gasteiger partial charge in [0.2, 0.25) is 0 Å². The summed E-state index contributed by atoms with van der Waals surface area (Å²) in [5, 5.41) is 15.1. The third kappa shape index (κ3) is 2.85. The van der Waals surface area contributed by atoms with Crippen LogP contribution in [0.15, 0.2) is 29.1 Å². The van der Waals surface area contributed by atoms with Crippen molar-refractivity contribution in [3.05, 3.63) is 45.7 Å². The van der Waals surface area contributed by atoms with Gasteiger partial charge in [0.1, 0.15) is 5.75 Å². The van der Waals surface area contributed by atoms with E-state index >= 15 is 0 Å². The van der Waals surface area contributed by atoms with Crippen LogP contribution in [0.4, 0.5) is 0 Å². The standard InChI is InChI=1S/C14H14N2O4/c1-8-3-4-12(20-2)10(5-8)11-6-9(7-13(17)18)14(19)16-15-11/h3-6H,7H2,1-2H3,(H,16,19)(H,17,18). The van der Waals surface area contributed by atoms with Gasteiger partial charge < -0.3 is 9.84 Å². The maximum atomic E-state index is 11.5. The largest absolute Gasteiger partial charge is 0.496 e. The van der Waals surface area contributed by atoms with Crippen LogP contribution in [-0.4, -0.2) is 28.4 Å². The number of aryl methyl sites for hydroxylation is 1. The van der Waals surface area contributed by atoms with Crippen LogP contribution in [0.1, 0.15) is 11.1 Å². The zero-order valence-corrected chi connectivity index (χ0v) is 11.1. The predicted octanol–water partition coefficient (Wildman–Crippen LogP) is 1.38. The minimum atomic E-state index is -1.07. The number of rotatable bonds is 4. The molecule has 0 saturated carbocycles. The van der Waals surface area contributed by atoms with Crippen molar-refractivity contribution in [2.24, 2.45) is 0 Å². The fourth-order valence-electron chi connectivity index (χ4n) is 1.90. The van der Waals surface area contributed by atoms with Crippen LogP contribution in [0, 0.1) is 6.92 Å². The normalized spacial score (nSPS) is 10.3. The Balaban J connectivity index is 2.56. The van der Waals surface area contributed by atoms with Crippen LogP contribution in [0.3, 0.4) is 0 Å². The molecule has 6 heteroatoms. The number of aromatic amines is 1. The molecule has 1 aromatic heterocycles. The molecule has 2 rings (SSSR count). The van der Waals surface area contributed by atoms with E-state index in [9.17, 15) is 9.59 Å². The van der Waals surface area contributed by atoms with E-state index in [0.717, 1.165) is 5.56 Å². The van der Waals surface area contributed by atoms with Crippen LogP contribution in [0.25, 0.3) is 11.3 Å². The van der Waals surface area contributed by atoms with Crippen molar-refractivity contribution < 1.29 is 14.6 Å². The van der Waals surface area contributed by atoms with E-state index in [2.05, 4.69) is 10.2 Å². The second-order valence-electron chi connectivity index (χ2n) is 4.38. The van der Waals surface area contributed by atoms with Gasteiger partial charge in [-0.1, -0.05) is 11.6 Å². The van der Waals surface area contributed by atoms with Crippen molar-refractivity contribution in [2.45, 2.75) is 13.3 Å². The number of ether oxygens (including phenoxy) is 1. The topological polar surface area (TPSA) is 92.3 Å². The van der Waals surface area contributed by atoms with Crippen LogP contribution in [-0.2, 0) is 11.2 Å². The van der Waals surface area contributed by atoms with E-state index in [1.807, 2.05) is 19.1 Å². The van der Waals surface area contributed by atoms with E-state index in [4.69, 9.17) is 9.84 Å². The third-order valence-electron chi connectivity index (χ3n) is 2.85. The molecule has 1 heterocycles. The van der Waals surface area contributed by atoms with Crippen LogP contribution in [0.2, 0.25) is 0 Å². The van der Waals surface area contributed by atoms with E-state index in [-0.39, 0.29) is 12.0 Å². The summed E-state index contributed by atoms with van der Waals surface area (Å²) in [4.78, 5) is 22.3. The average molecular weight is 274 g/mol. The molecule has 0 atom stereocenters. The molecule has 2 aromatic rings. The number of carboxylic acid groups (broad SMARTS) is 1. The summed E-state index contributed by atoms with van der Waals surface area (Å²) < 4.78 is 5.26. The zero-order chi connectivity index (χ0) is 14.7. The maximum Gasteiger partial charge on any atom is 0.308 e. The number of H-pyrrole nitrogens is 1. The number of benzene rings is 1. The molecule has 20 heavy (non-hydrogen) atoms. The van der Waals surface area contributed by atoms with Gasteiger partial charge in [-0.3, -0.25) is 9.59 Å². The molecule has 0 aliphatic carbocycles. The summed E-state index contributed by atoms with van der Waals surface area (Å²) in [6.07, 6.45) is -0.348. The molecule has 0 aliphatic rings. The van der Waals surface area contributed by atoms with Crippen LogP contribution >= 0.6 is 0 Å². The molecule has 0 fully saturated rings. The molecular formula is C14H14N2O4. The lowest BCUT2D eigenvalue weighted by molar-refractivity contribution is -0.136. The highest BCUT2D eigenvalue weighted by Gasteiger charge is 2.12. The Bertz CT molecular complexity index is 707. The first-order valence-electron chi connectivity index (χ1n) is 5.96. The monoisotopic (exact) mass is 274 g/mol. The molecule has 0 unspecified atom stereocenters. The van der Waals surface area contributed by atoms with Gasteiger partial charge in [0.15, 0.2) is 0 Å². The number of aliphatic carboxylic acids is 1. The zero-order valence-electron chi connectivity index (χ0n) is 11.1. The summed E-state index contributed by atoms with van der Waals surface area (Å²) in [6.45, 7) is 1.92. The van der Waals surface area contributed by atoms with Gasteiger partial charge in [-0.05, 0) is 25.1 Å². The van der Waals surface area contributed by atoms with Gasteiger partial charge in [-0.15, -0.1) is 0 Å². The highest BCUT2D eigenvalue weighted by molar-refractivity contribution is 5.72.